The number of carbonyl (C=O) groups excluding carboxylic acids is 1. The number of hydrogen-bond donors (Lipinski definition) is 1. The number of amides is 1. The average Bonchev–Trinajstić information content (AvgIpc) is 2.45. The molecule has 2 aromatic carbocycles. The zero-order chi connectivity index (χ0) is 16.2. The van der Waals surface area contributed by atoms with Crippen LogP contribution < -0.4 is 10.5 Å². The van der Waals surface area contributed by atoms with E-state index in [0.29, 0.717) is 6.42 Å². The van der Waals surface area contributed by atoms with Crippen molar-refractivity contribution in [1.29, 1.82) is 0 Å². The van der Waals surface area contributed by atoms with Crippen LogP contribution in [0.4, 0.5) is 13.2 Å². The van der Waals surface area contributed by atoms with Crippen LogP contribution in [0.15, 0.2) is 48.5 Å². The Hall–Kier alpha value is -2.50. The summed E-state index contributed by atoms with van der Waals surface area (Å²) >= 11 is 0. The zero-order valence-electron chi connectivity index (χ0n) is 11.6. The second-order valence-corrected chi connectivity index (χ2v) is 4.74. The quantitative estimate of drug-likeness (QED) is 0.916. The summed E-state index contributed by atoms with van der Waals surface area (Å²) in [6.07, 6.45) is -3.85. The molecule has 0 bridgehead atoms. The van der Waals surface area contributed by atoms with Crippen LogP contribution in [0.25, 0.3) is 11.1 Å². The Morgan fingerprint density at radius 2 is 1.45 bits per heavy atom. The van der Waals surface area contributed by atoms with Crippen LogP contribution in [-0.2, 0) is 11.2 Å². The van der Waals surface area contributed by atoms with Crippen LogP contribution in [0.3, 0.4) is 0 Å². The van der Waals surface area contributed by atoms with Gasteiger partial charge in [0.25, 0.3) is 0 Å². The number of primary amides is 1. The topological polar surface area (TPSA) is 52.3 Å². The highest BCUT2D eigenvalue weighted by atomic mass is 19.4. The molecule has 0 aliphatic rings. The van der Waals surface area contributed by atoms with Crippen LogP contribution in [0.5, 0.6) is 5.75 Å². The van der Waals surface area contributed by atoms with Crippen molar-refractivity contribution in [1.82, 2.24) is 0 Å². The Morgan fingerprint density at radius 3 is 1.91 bits per heavy atom. The van der Waals surface area contributed by atoms with Gasteiger partial charge in [0.15, 0.2) is 0 Å². The number of hydrogen-bond acceptors (Lipinski definition) is 2. The first-order chi connectivity index (χ1) is 10.3. The zero-order valence-corrected chi connectivity index (χ0v) is 11.6. The van der Waals surface area contributed by atoms with E-state index in [2.05, 4.69) is 4.74 Å². The molecule has 0 unspecified atom stereocenters. The van der Waals surface area contributed by atoms with Gasteiger partial charge in [-0.2, -0.15) is 0 Å². The molecular weight excluding hydrogens is 295 g/mol. The molecule has 2 rings (SSSR count). The number of nitrogens with two attached hydrogens (primary N) is 1. The lowest BCUT2D eigenvalue weighted by atomic mass is 10.0. The molecule has 0 atom stereocenters. The van der Waals surface area contributed by atoms with Crippen LogP contribution in [0, 0.1) is 0 Å². The van der Waals surface area contributed by atoms with E-state index in [-0.39, 0.29) is 18.1 Å². The molecular formula is C16H14F3NO2. The van der Waals surface area contributed by atoms with Gasteiger partial charge in [-0.05, 0) is 35.2 Å². The van der Waals surface area contributed by atoms with Gasteiger partial charge in [-0.25, -0.2) is 0 Å². The summed E-state index contributed by atoms with van der Waals surface area (Å²) in [4.78, 5) is 10.7. The lowest BCUT2D eigenvalue weighted by molar-refractivity contribution is -0.274. The smallest absolute Gasteiger partial charge is 0.406 e. The Bertz CT molecular complexity index is 634. The van der Waals surface area contributed by atoms with Gasteiger partial charge >= 0.3 is 6.36 Å². The highest BCUT2D eigenvalue weighted by Crippen LogP contribution is 2.26. The summed E-state index contributed by atoms with van der Waals surface area (Å²) in [6, 6.07) is 13.1. The third-order valence-corrected chi connectivity index (χ3v) is 3.04. The van der Waals surface area contributed by atoms with Crippen LogP contribution >= 0.6 is 0 Å². The minimum Gasteiger partial charge on any atom is -0.406 e. The predicted octanol–water partition coefficient (Wildman–Crippen LogP) is 3.67. The fraction of sp³-hybridized carbons (Fsp3) is 0.188. The minimum absolute atomic E-state index is 0.255. The van der Waals surface area contributed by atoms with Gasteiger partial charge in [0.05, 0.1) is 0 Å². The molecule has 2 N–H and O–H groups in total. The summed E-state index contributed by atoms with van der Waals surface area (Å²) in [5, 5.41) is 0. The Morgan fingerprint density at radius 1 is 0.955 bits per heavy atom. The molecule has 0 saturated heterocycles. The van der Waals surface area contributed by atoms with Gasteiger partial charge in [0.1, 0.15) is 5.75 Å². The molecule has 2 aromatic rings. The van der Waals surface area contributed by atoms with Crippen molar-refractivity contribution >= 4 is 5.91 Å². The van der Waals surface area contributed by atoms with Crippen LogP contribution in [0.2, 0.25) is 0 Å². The molecule has 22 heavy (non-hydrogen) atoms. The molecule has 1 amide bonds. The fourth-order valence-corrected chi connectivity index (χ4v) is 1.98. The minimum atomic E-state index is -4.69. The Balaban J connectivity index is 2.07. The lowest BCUT2D eigenvalue weighted by Gasteiger charge is -2.09. The third-order valence-electron chi connectivity index (χ3n) is 3.04. The molecule has 0 aliphatic carbocycles. The van der Waals surface area contributed by atoms with E-state index in [4.69, 9.17) is 5.73 Å². The molecule has 0 aliphatic heterocycles. The highest BCUT2D eigenvalue weighted by Gasteiger charge is 2.30. The molecule has 3 nitrogen and oxygen atoms in total. The van der Waals surface area contributed by atoms with E-state index in [1.165, 1.54) is 12.1 Å². The number of rotatable bonds is 5. The second-order valence-electron chi connectivity index (χ2n) is 4.74. The van der Waals surface area contributed by atoms with Gasteiger partial charge in [-0.1, -0.05) is 36.4 Å². The maximum Gasteiger partial charge on any atom is 0.573 e. The van der Waals surface area contributed by atoms with E-state index in [0.717, 1.165) is 16.7 Å². The van der Waals surface area contributed by atoms with Gasteiger partial charge in [-0.15, -0.1) is 13.2 Å². The second kappa shape index (κ2) is 6.51. The number of ether oxygens (including phenoxy) is 1. The summed E-state index contributed by atoms with van der Waals surface area (Å²) < 4.78 is 40.1. The molecule has 0 aromatic heterocycles. The average molecular weight is 309 g/mol. The van der Waals surface area contributed by atoms with Gasteiger partial charge in [0.2, 0.25) is 5.91 Å². The Labute approximate surface area is 125 Å². The fourth-order valence-electron chi connectivity index (χ4n) is 1.98. The normalized spacial score (nSPS) is 11.2. The molecule has 0 heterocycles. The van der Waals surface area contributed by atoms with Crippen molar-refractivity contribution in [3.05, 3.63) is 54.1 Å². The van der Waals surface area contributed by atoms with Gasteiger partial charge in [0, 0.05) is 6.42 Å². The van der Waals surface area contributed by atoms with Gasteiger partial charge in [-0.3, -0.25) is 4.79 Å². The van der Waals surface area contributed by atoms with Crippen molar-refractivity contribution in [2.45, 2.75) is 19.2 Å². The molecule has 0 radical (unpaired) electrons. The lowest BCUT2D eigenvalue weighted by Crippen LogP contribution is -2.16. The van der Waals surface area contributed by atoms with Gasteiger partial charge < -0.3 is 10.5 Å². The van der Waals surface area contributed by atoms with Crippen LogP contribution in [-0.4, -0.2) is 12.3 Å². The maximum atomic E-state index is 12.1. The maximum absolute atomic E-state index is 12.1. The third kappa shape index (κ3) is 4.80. The number of aryl methyl sites for hydroxylation is 1. The summed E-state index contributed by atoms with van der Waals surface area (Å²) in [5.74, 6) is -0.612. The molecule has 116 valence electrons. The number of benzene rings is 2. The SMILES string of the molecule is NC(=O)CCc1ccc(-c2ccc(OC(F)(F)F)cc2)cc1. The van der Waals surface area contributed by atoms with Crippen molar-refractivity contribution < 1.29 is 22.7 Å². The summed E-state index contributed by atoms with van der Waals surface area (Å²) in [7, 11) is 0. The first-order valence-electron chi connectivity index (χ1n) is 6.57. The van der Waals surface area contributed by atoms with E-state index in [1.807, 2.05) is 24.3 Å². The first kappa shape index (κ1) is 15.9. The monoisotopic (exact) mass is 309 g/mol. The number of alkyl halides is 3. The highest BCUT2D eigenvalue weighted by molar-refractivity contribution is 5.74. The molecule has 6 heteroatoms. The standard InChI is InChI=1S/C16H14F3NO2/c17-16(18,19)22-14-8-6-13(7-9-14)12-4-1-11(2-5-12)3-10-15(20)21/h1-2,4-9H,3,10H2,(H2,20,21). The van der Waals surface area contributed by atoms with Crippen molar-refractivity contribution in [2.24, 2.45) is 5.73 Å². The molecule has 0 spiro atoms. The summed E-state index contributed by atoms with van der Waals surface area (Å²) in [6.45, 7) is 0. The Kier molecular flexibility index (Phi) is 4.70. The summed E-state index contributed by atoms with van der Waals surface area (Å²) in [5.41, 5.74) is 7.70. The first-order valence-corrected chi connectivity index (χ1v) is 6.57. The largest absolute Gasteiger partial charge is 0.573 e. The van der Waals surface area contributed by atoms with E-state index < -0.39 is 6.36 Å². The van der Waals surface area contributed by atoms with E-state index in [9.17, 15) is 18.0 Å². The van der Waals surface area contributed by atoms with E-state index >= 15 is 0 Å². The number of carbonyl (C=O) groups is 1. The van der Waals surface area contributed by atoms with E-state index in [1.54, 1.807) is 12.1 Å². The number of halogens is 3. The van der Waals surface area contributed by atoms with Crippen molar-refractivity contribution in [3.63, 3.8) is 0 Å². The predicted molar refractivity (Wildman–Crippen MR) is 76.1 cm³/mol. The van der Waals surface area contributed by atoms with Crippen molar-refractivity contribution in [2.75, 3.05) is 0 Å². The van der Waals surface area contributed by atoms with Crippen molar-refractivity contribution in [3.8, 4) is 16.9 Å². The van der Waals surface area contributed by atoms with Crippen LogP contribution in [0.1, 0.15) is 12.0 Å². The molecule has 0 fully saturated rings. The molecule has 0 saturated carbocycles.